The van der Waals surface area contributed by atoms with E-state index in [1.807, 2.05) is 6.07 Å². The van der Waals surface area contributed by atoms with Crippen LogP contribution in [0, 0.1) is 5.92 Å². The minimum absolute atomic E-state index is 0.169. The predicted molar refractivity (Wildman–Crippen MR) is 69.1 cm³/mol. The Morgan fingerprint density at radius 2 is 2.11 bits per heavy atom. The molecule has 1 aromatic rings. The summed E-state index contributed by atoms with van der Waals surface area (Å²) in [5.74, 6) is -0.0141. The van der Waals surface area contributed by atoms with Crippen molar-refractivity contribution in [2.75, 3.05) is 13.7 Å². The third-order valence-electron chi connectivity index (χ3n) is 2.60. The van der Waals surface area contributed by atoms with Gasteiger partial charge in [0.2, 0.25) is 0 Å². The lowest BCUT2D eigenvalue weighted by Crippen LogP contribution is -2.03. The van der Waals surface area contributed by atoms with Gasteiger partial charge in [-0.1, -0.05) is 19.9 Å². The minimum atomic E-state index is -0.990. The van der Waals surface area contributed by atoms with Crippen molar-refractivity contribution in [3.05, 3.63) is 29.3 Å². The van der Waals surface area contributed by atoms with Crippen LogP contribution < -0.4 is 4.74 Å². The first-order valence-corrected chi connectivity index (χ1v) is 6.02. The average Bonchev–Trinajstić information content (AvgIpc) is 2.34. The molecular weight excluding hydrogens is 232 g/mol. The van der Waals surface area contributed by atoms with Crippen molar-refractivity contribution in [1.29, 1.82) is 0 Å². The van der Waals surface area contributed by atoms with Crippen LogP contribution in [-0.4, -0.2) is 24.8 Å². The molecule has 18 heavy (non-hydrogen) atoms. The van der Waals surface area contributed by atoms with Gasteiger partial charge in [-0.05, 0) is 30.0 Å². The number of methoxy groups -OCH3 is 1. The molecule has 4 nitrogen and oxygen atoms in total. The van der Waals surface area contributed by atoms with Crippen molar-refractivity contribution in [1.82, 2.24) is 0 Å². The maximum Gasteiger partial charge on any atom is 0.339 e. The molecule has 0 saturated heterocycles. The topological polar surface area (TPSA) is 55.8 Å². The minimum Gasteiger partial charge on any atom is -0.496 e. The van der Waals surface area contributed by atoms with Crippen LogP contribution in [0.4, 0.5) is 0 Å². The van der Waals surface area contributed by atoms with Gasteiger partial charge in [0.1, 0.15) is 11.3 Å². The first kappa shape index (κ1) is 14.5. The number of ether oxygens (including phenoxy) is 2. The Labute approximate surface area is 108 Å². The molecule has 0 spiro atoms. The van der Waals surface area contributed by atoms with E-state index in [1.165, 1.54) is 7.11 Å². The SMILES string of the molecule is COc1ccc(COCCC(C)C)cc1C(=O)O. The molecule has 0 aromatic heterocycles. The molecule has 1 N–H and O–H groups in total. The standard InChI is InChI=1S/C14H20O4/c1-10(2)6-7-18-9-11-4-5-13(17-3)12(8-11)14(15)16/h4-5,8,10H,6-7,9H2,1-3H3,(H,15,16). The van der Waals surface area contributed by atoms with Crippen LogP contribution in [0.1, 0.15) is 36.2 Å². The lowest BCUT2D eigenvalue weighted by molar-refractivity contribution is 0.0692. The number of carboxylic acid groups (broad SMARTS) is 1. The second-order valence-electron chi connectivity index (χ2n) is 4.57. The van der Waals surface area contributed by atoms with E-state index in [1.54, 1.807) is 12.1 Å². The largest absolute Gasteiger partial charge is 0.496 e. The lowest BCUT2D eigenvalue weighted by atomic mass is 10.1. The Bertz CT molecular complexity index is 399. The summed E-state index contributed by atoms with van der Waals surface area (Å²) in [6.45, 7) is 5.39. The zero-order chi connectivity index (χ0) is 13.5. The fraction of sp³-hybridized carbons (Fsp3) is 0.500. The van der Waals surface area contributed by atoms with Crippen molar-refractivity contribution in [2.45, 2.75) is 26.9 Å². The molecular formula is C14H20O4. The Kier molecular flexibility index (Phi) is 5.65. The molecule has 100 valence electrons. The molecule has 0 bridgehead atoms. The number of hydrogen-bond acceptors (Lipinski definition) is 3. The van der Waals surface area contributed by atoms with Crippen molar-refractivity contribution in [3.63, 3.8) is 0 Å². The molecule has 1 aromatic carbocycles. The number of aromatic carboxylic acids is 1. The van der Waals surface area contributed by atoms with Crippen LogP contribution in [0.2, 0.25) is 0 Å². The number of rotatable bonds is 7. The quantitative estimate of drug-likeness (QED) is 0.758. The summed E-state index contributed by atoms with van der Waals surface area (Å²) < 4.78 is 10.5. The molecule has 0 aliphatic carbocycles. The molecule has 0 fully saturated rings. The van der Waals surface area contributed by atoms with Gasteiger partial charge in [-0.15, -0.1) is 0 Å². The van der Waals surface area contributed by atoms with Crippen molar-refractivity contribution >= 4 is 5.97 Å². The summed E-state index contributed by atoms with van der Waals surface area (Å²) in [5.41, 5.74) is 1.01. The van der Waals surface area contributed by atoms with Gasteiger partial charge in [-0.25, -0.2) is 4.79 Å². The predicted octanol–water partition coefficient (Wildman–Crippen LogP) is 2.96. The second-order valence-corrected chi connectivity index (χ2v) is 4.57. The Morgan fingerprint density at radius 3 is 2.67 bits per heavy atom. The van der Waals surface area contributed by atoms with Gasteiger partial charge in [-0.2, -0.15) is 0 Å². The van der Waals surface area contributed by atoms with E-state index in [4.69, 9.17) is 14.6 Å². The van der Waals surface area contributed by atoms with Gasteiger partial charge < -0.3 is 14.6 Å². The molecule has 0 aliphatic heterocycles. The third kappa shape index (κ3) is 4.37. The van der Waals surface area contributed by atoms with E-state index in [0.29, 0.717) is 24.9 Å². The maximum absolute atomic E-state index is 11.0. The Balaban J connectivity index is 2.62. The van der Waals surface area contributed by atoms with E-state index in [2.05, 4.69) is 13.8 Å². The highest BCUT2D eigenvalue weighted by atomic mass is 16.5. The van der Waals surface area contributed by atoms with Gasteiger partial charge in [0.05, 0.1) is 13.7 Å². The molecule has 0 amide bonds. The molecule has 4 heteroatoms. The monoisotopic (exact) mass is 252 g/mol. The molecule has 0 aliphatic rings. The van der Waals surface area contributed by atoms with Gasteiger partial charge in [-0.3, -0.25) is 0 Å². The highest BCUT2D eigenvalue weighted by molar-refractivity contribution is 5.91. The van der Waals surface area contributed by atoms with Crippen molar-refractivity contribution in [3.8, 4) is 5.75 Å². The summed E-state index contributed by atoms with van der Waals surface area (Å²) >= 11 is 0. The third-order valence-corrected chi connectivity index (χ3v) is 2.60. The summed E-state index contributed by atoms with van der Waals surface area (Å²) in [7, 11) is 1.46. The zero-order valence-corrected chi connectivity index (χ0v) is 11.1. The van der Waals surface area contributed by atoms with Crippen LogP contribution in [0.15, 0.2) is 18.2 Å². The smallest absolute Gasteiger partial charge is 0.339 e. The highest BCUT2D eigenvalue weighted by Crippen LogP contribution is 2.20. The zero-order valence-electron chi connectivity index (χ0n) is 11.1. The van der Waals surface area contributed by atoms with E-state index in [0.717, 1.165) is 12.0 Å². The second kappa shape index (κ2) is 7.01. The van der Waals surface area contributed by atoms with Gasteiger partial charge in [0, 0.05) is 6.61 Å². The molecule has 1 rings (SSSR count). The van der Waals surface area contributed by atoms with Crippen molar-refractivity contribution < 1.29 is 19.4 Å². The fourth-order valence-electron chi connectivity index (χ4n) is 1.52. The maximum atomic E-state index is 11.0. The van der Waals surface area contributed by atoms with Crippen molar-refractivity contribution in [2.24, 2.45) is 5.92 Å². The first-order valence-electron chi connectivity index (χ1n) is 6.02. The van der Waals surface area contributed by atoms with Crippen LogP contribution in [0.5, 0.6) is 5.75 Å². The first-order chi connectivity index (χ1) is 8.54. The Hall–Kier alpha value is -1.55. The summed E-state index contributed by atoms with van der Waals surface area (Å²) in [5, 5.41) is 9.04. The highest BCUT2D eigenvalue weighted by Gasteiger charge is 2.11. The molecule has 0 heterocycles. The van der Waals surface area contributed by atoms with E-state index in [9.17, 15) is 4.79 Å². The number of carboxylic acids is 1. The molecule has 0 radical (unpaired) electrons. The van der Waals surface area contributed by atoms with E-state index < -0.39 is 5.97 Å². The fourth-order valence-corrected chi connectivity index (χ4v) is 1.52. The van der Waals surface area contributed by atoms with Gasteiger partial charge >= 0.3 is 5.97 Å². The van der Waals surface area contributed by atoms with Crippen LogP contribution in [-0.2, 0) is 11.3 Å². The van der Waals surface area contributed by atoms with Gasteiger partial charge in [0.25, 0.3) is 0 Å². The van der Waals surface area contributed by atoms with Crippen LogP contribution >= 0.6 is 0 Å². The molecule has 0 atom stereocenters. The summed E-state index contributed by atoms with van der Waals surface area (Å²) in [4.78, 5) is 11.0. The molecule has 0 unspecified atom stereocenters. The van der Waals surface area contributed by atoms with E-state index >= 15 is 0 Å². The summed E-state index contributed by atoms with van der Waals surface area (Å²) in [6, 6.07) is 5.07. The lowest BCUT2D eigenvalue weighted by Gasteiger charge is -2.09. The number of carbonyl (C=O) groups is 1. The number of hydrogen-bond donors (Lipinski definition) is 1. The van der Waals surface area contributed by atoms with Crippen LogP contribution in [0.3, 0.4) is 0 Å². The van der Waals surface area contributed by atoms with E-state index in [-0.39, 0.29) is 5.56 Å². The normalized spacial score (nSPS) is 10.7. The molecule has 0 saturated carbocycles. The van der Waals surface area contributed by atoms with Gasteiger partial charge in [0.15, 0.2) is 0 Å². The number of benzene rings is 1. The summed E-state index contributed by atoms with van der Waals surface area (Å²) in [6.07, 6.45) is 1.00. The van der Waals surface area contributed by atoms with Crippen LogP contribution in [0.25, 0.3) is 0 Å². The Morgan fingerprint density at radius 1 is 1.39 bits per heavy atom. The average molecular weight is 252 g/mol.